The number of alkyl halides is 2. The third-order valence-corrected chi connectivity index (χ3v) is 3.45. The van der Waals surface area contributed by atoms with Gasteiger partial charge in [0.1, 0.15) is 4.87 Å². The van der Waals surface area contributed by atoms with Crippen molar-refractivity contribution in [1.29, 1.82) is 0 Å². The van der Waals surface area contributed by atoms with Gasteiger partial charge in [0.05, 0.1) is 0 Å². The van der Waals surface area contributed by atoms with E-state index in [0.717, 1.165) is 17.7 Å². The van der Waals surface area contributed by atoms with Crippen molar-refractivity contribution < 1.29 is 4.79 Å². The highest BCUT2D eigenvalue weighted by Crippen LogP contribution is 2.44. The van der Waals surface area contributed by atoms with Crippen LogP contribution in [0.4, 0.5) is 5.69 Å². The highest BCUT2D eigenvalue weighted by atomic mass is 35.5. The molecule has 1 aromatic carbocycles. The maximum Gasteiger partial charge on any atom is 0.250 e. The zero-order chi connectivity index (χ0) is 10.9. The van der Waals surface area contributed by atoms with Gasteiger partial charge in [-0.1, -0.05) is 18.2 Å². The molecular formula is C11H11Cl2NO. The number of fused-ring (bicyclic) bond motifs is 1. The standard InChI is InChI=1S/C11H11Cl2NO/c12-7-3-6-11(13)8-4-1-2-5-9(8)14-10(11)15/h1-2,4-5H,3,6-7H2,(H,14,15). The van der Waals surface area contributed by atoms with Crippen molar-refractivity contribution in [3.63, 3.8) is 0 Å². The normalized spacial score (nSPS) is 23.7. The van der Waals surface area contributed by atoms with Gasteiger partial charge in [-0.25, -0.2) is 0 Å². The van der Waals surface area contributed by atoms with Crippen LogP contribution in [0.1, 0.15) is 18.4 Å². The summed E-state index contributed by atoms with van der Waals surface area (Å²) in [6, 6.07) is 7.51. The number of amides is 1. The Kier molecular flexibility index (Phi) is 2.89. The molecule has 1 N–H and O–H groups in total. The van der Waals surface area contributed by atoms with Gasteiger partial charge in [-0.2, -0.15) is 0 Å². The SMILES string of the molecule is O=C1Nc2ccccc2C1(Cl)CCCCl. The Morgan fingerprint density at radius 2 is 2.07 bits per heavy atom. The van der Waals surface area contributed by atoms with Crippen LogP contribution in [0.25, 0.3) is 0 Å². The van der Waals surface area contributed by atoms with Gasteiger partial charge >= 0.3 is 0 Å². The van der Waals surface area contributed by atoms with Crippen LogP contribution in [0.5, 0.6) is 0 Å². The fourth-order valence-electron chi connectivity index (χ4n) is 1.84. The summed E-state index contributed by atoms with van der Waals surface area (Å²) in [4.78, 5) is 10.8. The van der Waals surface area contributed by atoms with Crippen LogP contribution in [0.3, 0.4) is 0 Å². The second kappa shape index (κ2) is 4.03. The molecule has 0 aliphatic carbocycles. The van der Waals surface area contributed by atoms with E-state index in [0.29, 0.717) is 12.3 Å². The minimum atomic E-state index is -0.925. The lowest BCUT2D eigenvalue weighted by atomic mass is 9.95. The Morgan fingerprint density at radius 1 is 1.33 bits per heavy atom. The highest BCUT2D eigenvalue weighted by molar-refractivity contribution is 6.39. The van der Waals surface area contributed by atoms with Gasteiger partial charge in [0.2, 0.25) is 5.91 Å². The van der Waals surface area contributed by atoms with Crippen molar-refractivity contribution in [2.75, 3.05) is 11.2 Å². The van der Waals surface area contributed by atoms with Crippen LogP contribution in [0.15, 0.2) is 24.3 Å². The third-order valence-electron chi connectivity index (χ3n) is 2.62. The quantitative estimate of drug-likeness (QED) is 0.813. The minimum Gasteiger partial charge on any atom is -0.324 e. The topological polar surface area (TPSA) is 29.1 Å². The first-order chi connectivity index (χ1) is 7.18. The molecule has 2 nitrogen and oxygen atoms in total. The summed E-state index contributed by atoms with van der Waals surface area (Å²) in [5, 5.41) is 2.78. The van der Waals surface area contributed by atoms with Crippen LogP contribution in [0, 0.1) is 0 Å². The number of hydrogen-bond donors (Lipinski definition) is 1. The van der Waals surface area contributed by atoms with E-state index in [-0.39, 0.29) is 5.91 Å². The molecule has 2 rings (SSSR count). The van der Waals surface area contributed by atoms with Crippen molar-refractivity contribution in [1.82, 2.24) is 0 Å². The van der Waals surface area contributed by atoms with Crippen LogP contribution in [-0.2, 0) is 9.67 Å². The Balaban J connectivity index is 2.36. The molecule has 4 heteroatoms. The molecule has 0 spiro atoms. The lowest BCUT2D eigenvalue weighted by Crippen LogP contribution is -2.28. The molecule has 15 heavy (non-hydrogen) atoms. The lowest BCUT2D eigenvalue weighted by Gasteiger charge is -2.18. The number of nitrogens with one attached hydrogen (secondary N) is 1. The Bertz CT molecular complexity index is 394. The maximum absolute atomic E-state index is 11.8. The molecule has 1 atom stereocenters. The second-order valence-electron chi connectivity index (χ2n) is 3.59. The molecule has 1 unspecified atom stereocenters. The number of carbonyl (C=O) groups excluding carboxylic acids is 1. The minimum absolute atomic E-state index is 0.143. The zero-order valence-corrected chi connectivity index (χ0v) is 9.61. The van der Waals surface area contributed by atoms with E-state index in [1.54, 1.807) is 0 Å². The second-order valence-corrected chi connectivity index (χ2v) is 4.62. The summed E-state index contributed by atoms with van der Waals surface area (Å²) in [7, 11) is 0. The van der Waals surface area contributed by atoms with Gasteiger partial charge in [0.25, 0.3) is 0 Å². The first kappa shape index (κ1) is 10.8. The van der Waals surface area contributed by atoms with Crippen molar-refractivity contribution in [2.24, 2.45) is 0 Å². The smallest absolute Gasteiger partial charge is 0.250 e. The van der Waals surface area contributed by atoms with E-state index < -0.39 is 4.87 Å². The van der Waals surface area contributed by atoms with Gasteiger partial charge < -0.3 is 5.32 Å². The lowest BCUT2D eigenvalue weighted by molar-refractivity contribution is -0.118. The first-order valence-corrected chi connectivity index (χ1v) is 5.75. The third kappa shape index (κ3) is 1.72. The van der Waals surface area contributed by atoms with Crippen LogP contribution >= 0.6 is 23.2 Å². The predicted octanol–water partition coefficient (Wildman–Crippen LogP) is 3.09. The fraction of sp³-hybridized carbons (Fsp3) is 0.364. The molecule has 0 fully saturated rings. The molecule has 80 valence electrons. The summed E-state index contributed by atoms with van der Waals surface area (Å²) in [5.74, 6) is 0.375. The van der Waals surface area contributed by atoms with Gasteiger partial charge in [0, 0.05) is 17.1 Å². The molecule has 0 aromatic heterocycles. The van der Waals surface area contributed by atoms with E-state index in [1.165, 1.54) is 0 Å². The molecule has 1 heterocycles. The molecule has 0 saturated heterocycles. The Hall–Kier alpha value is -0.730. The number of para-hydroxylation sites is 1. The van der Waals surface area contributed by atoms with Crippen molar-refractivity contribution in [3.05, 3.63) is 29.8 Å². The van der Waals surface area contributed by atoms with Crippen LogP contribution < -0.4 is 5.32 Å². The molecule has 0 radical (unpaired) electrons. The zero-order valence-electron chi connectivity index (χ0n) is 8.09. The summed E-state index contributed by atoms with van der Waals surface area (Å²) in [6.07, 6.45) is 1.30. The van der Waals surface area contributed by atoms with E-state index in [1.807, 2.05) is 24.3 Å². The predicted molar refractivity (Wildman–Crippen MR) is 62.6 cm³/mol. The molecular weight excluding hydrogens is 233 g/mol. The van der Waals surface area contributed by atoms with Crippen LogP contribution in [0.2, 0.25) is 0 Å². The number of halogens is 2. The van der Waals surface area contributed by atoms with Gasteiger partial charge in [0.15, 0.2) is 0 Å². The molecule has 0 saturated carbocycles. The highest BCUT2D eigenvalue weighted by Gasteiger charge is 2.44. The average Bonchev–Trinajstić information content (AvgIpc) is 2.50. The van der Waals surface area contributed by atoms with Gasteiger partial charge in [-0.15, -0.1) is 23.2 Å². The van der Waals surface area contributed by atoms with Crippen LogP contribution in [-0.4, -0.2) is 11.8 Å². The maximum atomic E-state index is 11.8. The van der Waals surface area contributed by atoms with Crippen molar-refractivity contribution >= 4 is 34.8 Å². The number of anilines is 1. The van der Waals surface area contributed by atoms with E-state index in [4.69, 9.17) is 23.2 Å². The number of benzene rings is 1. The van der Waals surface area contributed by atoms with Crippen molar-refractivity contribution in [2.45, 2.75) is 17.7 Å². The first-order valence-electron chi connectivity index (χ1n) is 4.84. The van der Waals surface area contributed by atoms with Gasteiger partial charge in [-0.3, -0.25) is 4.79 Å². The molecule has 1 amide bonds. The van der Waals surface area contributed by atoms with Gasteiger partial charge in [-0.05, 0) is 18.9 Å². The number of rotatable bonds is 3. The monoisotopic (exact) mass is 243 g/mol. The van der Waals surface area contributed by atoms with E-state index in [9.17, 15) is 4.79 Å². The number of hydrogen-bond acceptors (Lipinski definition) is 1. The van der Waals surface area contributed by atoms with E-state index in [2.05, 4.69) is 5.32 Å². The largest absolute Gasteiger partial charge is 0.324 e. The fourth-order valence-corrected chi connectivity index (χ4v) is 2.32. The molecule has 1 aliphatic rings. The Morgan fingerprint density at radius 3 is 2.80 bits per heavy atom. The average molecular weight is 244 g/mol. The summed E-state index contributed by atoms with van der Waals surface area (Å²) in [5.41, 5.74) is 1.67. The summed E-state index contributed by atoms with van der Waals surface area (Å²) >= 11 is 12.0. The molecule has 1 aliphatic heterocycles. The Labute approximate surface area is 98.6 Å². The van der Waals surface area contributed by atoms with E-state index >= 15 is 0 Å². The molecule has 0 bridgehead atoms. The molecule has 1 aromatic rings. The van der Waals surface area contributed by atoms with Crippen molar-refractivity contribution in [3.8, 4) is 0 Å². The number of carbonyl (C=O) groups is 1. The summed E-state index contributed by atoms with van der Waals surface area (Å²) < 4.78 is 0. The summed E-state index contributed by atoms with van der Waals surface area (Å²) in [6.45, 7) is 0.